The third kappa shape index (κ3) is 1.01. The molecule has 0 aromatic rings. The number of hydrogen-bond donors (Lipinski definition) is 2. The third-order valence-electron chi connectivity index (χ3n) is 1.94. The maximum Gasteiger partial charge on any atom is 0.0872 e. The molecule has 4 N–H and O–H groups in total. The van der Waals surface area contributed by atoms with E-state index in [-0.39, 0.29) is 6.10 Å². The fourth-order valence-electron chi connectivity index (χ4n) is 1.35. The molecule has 0 amide bonds. The molecule has 0 radical (unpaired) electrons. The Kier molecular flexibility index (Phi) is 1.54. The summed E-state index contributed by atoms with van der Waals surface area (Å²) in [6.07, 6.45) is 1.93. The molecule has 2 nitrogen and oxygen atoms in total. The molecule has 2 heteroatoms. The van der Waals surface area contributed by atoms with Crippen molar-refractivity contribution in [3.8, 4) is 0 Å². The van der Waals surface area contributed by atoms with E-state index < -0.39 is 0 Å². The van der Waals surface area contributed by atoms with Crippen LogP contribution in [0.25, 0.3) is 0 Å². The molecule has 48 valence electrons. The number of rotatable bonds is 0. The lowest BCUT2D eigenvalue weighted by atomic mass is 10.1. The minimum Gasteiger partial charge on any atom is -0.393 e. The van der Waals surface area contributed by atoms with Crippen molar-refractivity contribution < 1.29 is 10.8 Å². The fourth-order valence-corrected chi connectivity index (χ4v) is 1.35. The molecule has 3 unspecified atom stereocenters. The SMILES string of the molecule is CC1CC([NH3+])CC1O. The van der Waals surface area contributed by atoms with E-state index in [1.807, 2.05) is 0 Å². The maximum atomic E-state index is 9.13. The normalized spacial score (nSPS) is 47.6. The Balaban J connectivity index is 2.39. The van der Waals surface area contributed by atoms with Crippen LogP contribution in [0.5, 0.6) is 0 Å². The number of aliphatic hydroxyl groups is 1. The van der Waals surface area contributed by atoms with Crippen LogP contribution in [0.15, 0.2) is 0 Å². The van der Waals surface area contributed by atoms with Crippen molar-refractivity contribution in [2.75, 3.05) is 0 Å². The quantitative estimate of drug-likeness (QED) is 0.435. The Morgan fingerprint density at radius 1 is 1.50 bits per heavy atom. The molecule has 0 heterocycles. The van der Waals surface area contributed by atoms with Gasteiger partial charge in [0.2, 0.25) is 0 Å². The van der Waals surface area contributed by atoms with Crippen LogP contribution < -0.4 is 5.73 Å². The first-order valence-electron chi connectivity index (χ1n) is 3.21. The van der Waals surface area contributed by atoms with Crippen LogP contribution in [0.3, 0.4) is 0 Å². The van der Waals surface area contributed by atoms with Crippen LogP contribution in [-0.2, 0) is 0 Å². The molecule has 0 aliphatic heterocycles. The van der Waals surface area contributed by atoms with Gasteiger partial charge in [-0.2, -0.15) is 0 Å². The minimum absolute atomic E-state index is 0.0718. The molecule has 0 bridgehead atoms. The lowest BCUT2D eigenvalue weighted by molar-refractivity contribution is -0.418. The molecule has 1 rings (SSSR count). The lowest BCUT2D eigenvalue weighted by Gasteiger charge is -2.02. The molecule has 0 aromatic heterocycles. The predicted molar refractivity (Wildman–Crippen MR) is 31.1 cm³/mol. The van der Waals surface area contributed by atoms with Gasteiger partial charge in [-0.15, -0.1) is 0 Å². The van der Waals surface area contributed by atoms with Crippen LogP contribution in [0.2, 0.25) is 0 Å². The molecular formula is C6H14NO+. The van der Waals surface area contributed by atoms with Crippen molar-refractivity contribution in [2.24, 2.45) is 5.92 Å². The summed E-state index contributed by atoms with van der Waals surface area (Å²) >= 11 is 0. The van der Waals surface area contributed by atoms with Crippen molar-refractivity contribution in [1.29, 1.82) is 0 Å². The van der Waals surface area contributed by atoms with Crippen molar-refractivity contribution in [2.45, 2.75) is 31.9 Å². The highest BCUT2D eigenvalue weighted by Crippen LogP contribution is 2.22. The second-order valence-electron chi connectivity index (χ2n) is 2.88. The number of hydrogen-bond acceptors (Lipinski definition) is 1. The van der Waals surface area contributed by atoms with Gasteiger partial charge in [0.25, 0.3) is 0 Å². The van der Waals surface area contributed by atoms with Gasteiger partial charge in [-0.3, -0.25) is 0 Å². The van der Waals surface area contributed by atoms with E-state index in [0.29, 0.717) is 12.0 Å². The highest BCUT2D eigenvalue weighted by molar-refractivity contribution is 4.78. The fraction of sp³-hybridized carbons (Fsp3) is 1.00. The standard InChI is InChI=1S/C6H13NO/c1-4-2-5(7)3-6(4)8/h4-6,8H,2-3,7H2,1H3/p+1. The Labute approximate surface area is 49.7 Å². The molecule has 1 aliphatic rings. The van der Waals surface area contributed by atoms with E-state index in [9.17, 15) is 0 Å². The average Bonchev–Trinajstić information content (AvgIpc) is 1.85. The summed E-state index contributed by atoms with van der Waals surface area (Å²) in [6, 6.07) is 0.500. The summed E-state index contributed by atoms with van der Waals surface area (Å²) in [5, 5.41) is 9.13. The smallest absolute Gasteiger partial charge is 0.0872 e. The Morgan fingerprint density at radius 3 is 2.25 bits per heavy atom. The largest absolute Gasteiger partial charge is 0.393 e. The molecule has 1 saturated carbocycles. The first-order valence-corrected chi connectivity index (χ1v) is 3.21. The Hall–Kier alpha value is -0.0800. The van der Waals surface area contributed by atoms with E-state index in [4.69, 9.17) is 5.11 Å². The second kappa shape index (κ2) is 2.03. The molecule has 1 fully saturated rings. The molecule has 1 aliphatic carbocycles. The van der Waals surface area contributed by atoms with E-state index in [1.54, 1.807) is 0 Å². The van der Waals surface area contributed by atoms with Gasteiger partial charge >= 0.3 is 0 Å². The summed E-state index contributed by atoms with van der Waals surface area (Å²) in [4.78, 5) is 0. The maximum absolute atomic E-state index is 9.13. The zero-order valence-electron chi connectivity index (χ0n) is 5.30. The number of aliphatic hydroxyl groups excluding tert-OH is 1. The Morgan fingerprint density at radius 2 is 2.12 bits per heavy atom. The Bertz CT molecular complexity index is 74.6. The van der Waals surface area contributed by atoms with Crippen molar-refractivity contribution in [1.82, 2.24) is 0 Å². The lowest BCUT2D eigenvalue weighted by Crippen LogP contribution is -2.59. The first kappa shape index (κ1) is 6.05. The summed E-state index contributed by atoms with van der Waals surface area (Å²) in [6.45, 7) is 2.08. The highest BCUT2D eigenvalue weighted by Gasteiger charge is 2.29. The van der Waals surface area contributed by atoms with Crippen LogP contribution in [0, 0.1) is 5.92 Å². The topological polar surface area (TPSA) is 47.9 Å². The predicted octanol–water partition coefficient (Wildman–Crippen LogP) is -0.612. The zero-order chi connectivity index (χ0) is 6.15. The average molecular weight is 116 g/mol. The van der Waals surface area contributed by atoms with E-state index in [2.05, 4.69) is 12.7 Å². The summed E-state index contributed by atoms with van der Waals surface area (Å²) in [7, 11) is 0. The monoisotopic (exact) mass is 116 g/mol. The van der Waals surface area contributed by atoms with Gasteiger partial charge in [-0.05, 0) is 5.92 Å². The summed E-state index contributed by atoms with van der Waals surface area (Å²) in [5.74, 6) is 0.484. The summed E-state index contributed by atoms with van der Waals surface area (Å²) in [5.41, 5.74) is 3.88. The highest BCUT2D eigenvalue weighted by atomic mass is 16.3. The van der Waals surface area contributed by atoms with Gasteiger partial charge in [0.1, 0.15) is 0 Å². The van der Waals surface area contributed by atoms with Gasteiger partial charge < -0.3 is 10.8 Å². The first-order chi connectivity index (χ1) is 3.70. The van der Waals surface area contributed by atoms with Gasteiger partial charge in [-0.25, -0.2) is 0 Å². The van der Waals surface area contributed by atoms with Gasteiger partial charge in [0, 0.05) is 12.8 Å². The molecular weight excluding hydrogens is 102 g/mol. The molecule has 3 atom stereocenters. The second-order valence-corrected chi connectivity index (χ2v) is 2.88. The van der Waals surface area contributed by atoms with Crippen molar-refractivity contribution in [3.05, 3.63) is 0 Å². The minimum atomic E-state index is -0.0718. The number of quaternary nitrogens is 1. The summed E-state index contributed by atoms with van der Waals surface area (Å²) < 4.78 is 0. The van der Waals surface area contributed by atoms with Crippen LogP contribution in [0.4, 0.5) is 0 Å². The van der Waals surface area contributed by atoms with Crippen molar-refractivity contribution >= 4 is 0 Å². The molecule has 0 saturated heterocycles. The zero-order valence-corrected chi connectivity index (χ0v) is 5.30. The molecule has 0 spiro atoms. The van der Waals surface area contributed by atoms with E-state index >= 15 is 0 Å². The van der Waals surface area contributed by atoms with E-state index in [1.165, 1.54) is 0 Å². The third-order valence-corrected chi connectivity index (χ3v) is 1.94. The van der Waals surface area contributed by atoms with Crippen molar-refractivity contribution in [3.63, 3.8) is 0 Å². The van der Waals surface area contributed by atoms with Crippen LogP contribution in [0.1, 0.15) is 19.8 Å². The molecule has 8 heavy (non-hydrogen) atoms. The van der Waals surface area contributed by atoms with Gasteiger partial charge in [0.15, 0.2) is 0 Å². The molecule has 0 aromatic carbocycles. The van der Waals surface area contributed by atoms with E-state index in [0.717, 1.165) is 12.8 Å². The van der Waals surface area contributed by atoms with Crippen LogP contribution in [-0.4, -0.2) is 17.3 Å². The van der Waals surface area contributed by atoms with Gasteiger partial charge in [-0.1, -0.05) is 6.92 Å². The van der Waals surface area contributed by atoms with Gasteiger partial charge in [0.05, 0.1) is 12.1 Å². The van der Waals surface area contributed by atoms with Crippen LogP contribution >= 0.6 is 0 Å².